The van der Waals surface area contributed by atoms with Gasteiger partial charge in [0, 0.05) is 0 Å². The fourth-order valence-corrected chi connectivity index (χ4v) is 5.13. The minimum absolute atomic E-state index is 0.00247. The van der Waals surface area contributed by atoms with Crippen LogP contribution >= 0.6 is 0 Å². The SMILES string of the molecule is NC(=O)c1c([AsH]C2CCOC2)cccc1C(=O)O. The third-order valence-electron chi connectivity index (χ3n) is 2.83. The standard InChI is InChI=1S/C12H14AsNO4/c14-11(15)10-8(12(16)17)2-1-3-9(10)13-7-4-5-18-6-7/h1-3,7,13H,4-6H2,(H2,14,15)(H,16,17). The van der Waals surface area contributed by atoms with Gasteiger partial charge in [-0.2, -0.15) is 0 Å². The Morgan fingerprint density at radius 2 is 2.22 bits per heavy atom. The average Bonchev–Trinajstić information content (AvgIpc) is 2.81. The van der Waals surface area contributed by atoms with Gasteiger partial charge in [0.25, 0.3) is 0 Å². The van der Waals surface area contributed by atoms with Crippen molar-refractivity contribution in [3.05, 3.63) is 29.3 Å². The molecule has 3 N–H and O–H groups in total. The van der Waals surface area contributed by atoms with Crippen LogP contribution in [-0.4, -0.2) is 45.9 Å². The number of hydrogen-bond acceptors (Lipinski definition) is 3. The Morgan fingerprint density at radius 1 is 1.44 bits per heavy atom. The molecule has 0 spiro atoms. The molecule has 1 aliphatic heterocycles. The summed E-state index contributed by atoms with van der Waals surface area (Å²) in [5.41, 5.74) is 5.49. The van der Waals surface area contributed by atoms with Gasteiger partial charge in [-0.05, 0) is 0 Å². The van der Waals surface area contributed by atoms with Crippen molar-refractivity contribution < 1.29 is 19.4 Å². The average molecular weight is 311 g/mol. The van der Waals surface area contributed by atoms with E-state index in [2.05, 4.69) is 0 Å². The van der Waals surface area contributed by atoms with Gasteiger partial charge in [0.1, 0.15) is 0 Å². The van der Waals surface area contributed by atoms with Crippen LogP contribution < -0.4 is 10.1 Å². The van der Waals surface area contributed by atoms with Crippen LogP contribution in [0, 0.1) is 0 Å². The van der Waals surface area contributed by atoms with Crippen LogP contribution in [0.1, 0.15) is 27.1 Å². The second kappa shape index (κ2) is 5.55. The van der Waals surface area contributed by atoms with Crippen LogP contribution in [0.2, 0.25) is 4.71 Å². The van der Waals surface area contributed by atoms with Crippen LogP contribution in [0.3, 0.4) is 0 Å². The van der Waals surface area contributed by atoms with Gasteiger partial charge in [0.05, 0.1) is 0 Å². The van der Waals surface area contributed by atoms with Gasteiger partial charge < -0.3 is 0 Å². The zero-order valence-electron chi connectivity index (χ0n) is 9.68. The monoisotopic (exact) mass is 311 g/mol. The molecule has 5 nitrogen and oxygen atoms in total. The zero-order chi connectivity index (χ0) is 13.1. The first-order valence-electron chi connectivity index (χ1n) is 5.60. The zero-order valence-corrected chi connectivity index (χ0v) is 11.8. The predicted octanol–water partition coefficient (Wildman–Crippen LogP) is -0.246. The summed E-state index contributed by atoms with van der Waals surface area (Å²) in [6, 6.07) is 4.90. The van der Waals surface area contributed by atoms with Crippen molar-refractivity contribution >= 4 is 32.0 Å². The summed E-state index contributed by atoms with van der Waals surface area (Å²) in [5.74, 6) is -1.77. The van der Waals surface area contributed by atoms with E-state index in [1.54, 1.807) is 6.07 Å². The molecule has 1 amide bonds. The fourth-order valence-electron chi connectivity index (χ4n) is 1.98. The van der Waals surface area contributed by atoms with Crippen LogP contribution in [0.25, 0.3) is 0 Å². The number of hydrogen-bond donors (Lipinski definition) is 2. The molecule has 1 aromatic rings. The number of carbonyl (C=O) groups is 2. The molecule has 1 saturated heterocycles. The van der Waals surface area contributed by atoms with E-state index in [0.29, 0.717) is 11.3 Å². The van der Waals surface area contributed by atoms with Crippen molar-refractivity contribution in [2.45, 2.75) is 11.1 Å². The van der Waals surface area contributed by atoms with Gasteiger partial charge in [-0.1, -0.05) is 0 Å². The Kier molecular flexibility index (Phi) is 4.04. The number of nitrogens with two attached hydrogens (primary N) is 1. The number of primary amides is 1. The summed E-state index contributed by atoms with van der Waals surface area (Å²) in [4.78, 5) is 22.6. The molecule has 1 fully saturated rings. The Hall–Kier alpha value is -1.32. The Morgan fingerprint density at radius 3 is 2.78 bits per heavy atom. The second-order valence-corrected chi connectivity index (χ2v) is 7.55. The van der Waals surface area contributed by atoms with Gasteiger partial charge in [0.15, 0.2) is 0 Å². The Labute approximate surface area is 111 Å². The first-order valence-corrected chi connectivity index (χ1v) is 7.86. The molecule has 1 aliphatic rings. The number of carboxylic acids is 1. The van der Waals surface area contributed by atoms with Crippen molar-refractivity contribution in [3.8, 4) is 0 Å². The van der Waals surface area contributed by atoms with Crippen molar-refractivity contribution in [1.82, 2.24) is 0 Å². The molecule has 0 saturated carbocycles. The summed E-state index contributed by atoms with van der Waals surface area (Å²) in [6.45, 7) is 1.45. The molecule has 96 valence electrons. The topological polar surface area (TPSA) is 89.6 Å². The van der Waals surface area contributed by atoms with Crippen molar-refractivity contribution in [2.75, 3.05) is 13.2 Å². The molecule has 0 bridgehead atoms. The number of benzene rings is 1. The van der Waals surface area contributed by atoms with E-state index < -0.39 is 27.6 Å². The van der Waals surface area contributed by atoms with Crippen molar-refractivity contribution in [2.24, 2.45) is 5.73 Å². The maximum absolute atomic E-state index is 11.5. The molecular formula is C12H14AsNO4. The van der Waals surface area contributed by atoms with E-state index in [9.17, 15) is 9.59 Å². The quantitative estimate of drug-likeness (QED) is 0.751. The van der Waals surface area contributed by atoms with Gasteiger partial charge in [-0.3, -0.25) is 0 Å². The van der Waals surface area contributed by atoms with Gasteiger partial charge in [-0.25, -0.2) is 0 Å². The molecule has 2 rings (SSSR count). The van der Waals surface area contributed by atoms with Crippen LogP contribution in [0.4, 0.5) is 0 Å². The number of carboxylic acid groups (broad SMARTS) is 1. The van der Waals surface area contributed by atoms with E-state index in [4.69, 9.17) is 15.6 Å². The predicted molar refractivity (Wildman–Crippen MR) is 67.9 cm³/mol. The summed E-state index contributed by atoms with van der Waals surface area (Å²) in [6.07, 6.45) is 0.982. The molecule has 0 radical (unpaired) electrons. The van der Waals surface area contributed by atoms with E-state index in [0.717, 1.165) is 17.4 Å². The van der Waals surface area contributed by atoms with Crippen LogP contribution in [-0.2, 0) is 4.74 Å². The van der Waals surface area contributed by atoms with E-state index in [1.165, 1.54) is 6.07 Å². The second-order valence-electron chi connectivity index (χ2n) is 4.10. The molecule has 18 heavy (non-hydrogen) atoms. The summed E-state index contributed by atoms with van der Waals surface area (Å²) in [7, 11) is 0. The van der Waals surface area contributed by atoms with E-state index >= 15 is 0 Å². The third-order valence-corrected chi connectivity index (χ3v) is 6.17. The number of carbonyl (C=O) groups excluding carboxylic acids is 1. The van der Waals surface area contributed by atoms with Crippen molar-refractivity contribution in [3.63, 3.8) is 0 Å². The van der Waals surface area contributed by atoms with E-state index in [1.807, 2.05) is 6.07 Å². The summed E-state index contributed by atoms with van der Waals surface area (Å²) in [5, 5.41) is 9.08. The molecule has 1 heterocycles. The normalized spacial score (nSPS) is 19.4. The van der Waals surface area contributed by atoms with Gasteiger partial charge in [0.2, 0.25) is 0 Å². The van der Waals surface area contributed by atoms with Gasteiger partial charge >= 0.3 is 111 Å². The van der Waals surface area contributed by atoms with Crippen LogP contribution in [0.15, 0.2) is 18.2 Å². The van der Waals surface area contributed by atoms with Crippen LogP contribution in [0.5, 0.6) is 0 Å². The molecule has 2 unspecified atom stereocenters. The first kappa shape index (κ1) is 13.1. The maximum atomic E-state index is 11.5. The molecule has 0 aromatic heterocycles. The molecule has 2 atom stereocenters. The molecule has 0 aliphatic carbocycles. The summed E-state index contributed by atoms with van der Waals surface area (Å²) >= 11 is -0.612. The van der Waals surface area contributed by atoms with E-state index in [-0.39, 0.29) is 11.1 Å². The number of rotatable bonds is 4. The molecule has 6 heteroatoms. The third kappa shape index (κ3) is 2.74. The fraction of sp³-hybridized carbons (Fsp3) is 0.333. The minimum atomic E-state index is -1.11. The number of ether oxygens (including phenoxy) is 1. The summed E-state index contributed by atoms with van der Waals surface area (Å²) < 4.78 is 6.57. The Balaban J connectivity index is 2.36. The Bertz CT molecular complexity index is 483. The first-order chi connectivity index (χ1) is 8.59. The molecular weight excluding hydrogens is 297 g/mol. The molecule has 1 aromatic carbocycles. The van der Waals surface area contributed by atoms with Crippen molar-refractivity contribution in [1.29, 1.82) is 0 Å². The van der Waals surface area contributed by atoms with Gasteiger partial charge in [-0.15, -0.1) is 0 Å². The number of aromatic carboxylic acids is 1. The number of amides is 1.